The van der Waals surface area contributed by atoms with E-state index in [0.29, 0.717) is 11.8 Å². The zero-order chi connectivity index (χ0) is 12.7. The zero-order valence-corrected chi connectivity index (χ0v) is 11.3. The minimum atomic E-state index is 0.416. The fourth-order valence-corrected chi connectivity index (χ4v) is 2.53. The predicted molar refractivity (Wildman–Crippen MR) is 70.9 cm³/mol. The molecule has 0 aliphatic heterocycles. The van der Waals surface area contributed by atoms with Crippen molar-refractivity contribution in [2.24, 2.45) is 11.8 Å². The molecule has 3 rings (SSSR count). The molecule has 1 fully saturated rings. The summed E-state index contributed by atoms with van der Waals surface area (Å²) in [4.78, 5) is 9.01. The van der Waals surface area contributed by atoms with E-state index in [1.807, 2.05) is 12.1 Å². The largest absolute Gasteiger partial charge is 0.481 e. The molecule has 0 N–H and O–H groups in total. The Kier molecular flexibility index (Phi) is 2.90. The van der Waals surface area contributed by atoms with Gasteiger partial charge in [-0.05, 0) is 24.3 Å². The standard InChI is InChI=1S/C13H16ClN3O/c1-8-5-9(8)7-17-11(6-14)15-10-3-4-12(18-2)16-13(10)17/h3-4,8-9H,5-7H2,1-2H3. The summed E-state index contributed by atoms with van der Waals surface area (Å²) in [7, 11) is 1.63. The SMILES string of the molecule is COc1ccc2nc(CCl)n(CC3CC3C)c2n1. The summed E-state index contributed by atoms with van der Waals surface area (Å²) in [5.41, 5.74) is 1.77. The Labute approximate surface area is 111 Å². The lowest BCUT2D eigenvalue weighted by atomic mass is 10.3. The summed E-state index contributed by atoms with van der Waals surface area (Å²) in [5.74, 6) is 3.47. The van der Waals surface area contributed by atoms with Crippen LogP contribution in [0.25, 0.3) is 11.2 Å². The predicted octanol–water partition coefficient (Wildman–Crippen LogP) is 2.83. The number of ether oxygens (including phenoxy) is 1. The zero-order valence-electron chi connectivity index (χ0n) is 10.6. The van der Waals surface area contributed by atoms with E-state index >= 15 is 0 Å². The summed E-state index contributed by atoms with van der Waals surface area (Å²) in [6, 6.07) is 3.77. The van der Waals surface area contributed by atoms with Gasteiger partial charge in [0.25, 0.3) is 0 Å². The third-order valence-electron chi connectivity index (χ3n) is 3.67. The molecule has 96 valence electrons. The van der Waals surface area contributed by atoms with Crippen LogP contribution in [0.4, 0.5) is 0 Å². The number of aromatic nitrogens is 3. The van der Waals surface area contributed by atoms with Gasteiger partial charge < -0.3 is 9.30 Å². The molecule has 0 spiro atoms. The van der Waals surface area contributed by atoms with Crippen LogP contribution in [0.2, 0.25) is 0 Å². The third kappa shape index (κ3) is 1.94. The lowest BCUT2D eigenvalue weighted by Crippen LogP contribution is -2.06. The van der Waals surface area contributed by atoms with Gasteiger partial charge >= 0.3 is 0 Å². The van der Waals surface area contributed by atoms with Crippen LogP contribution >= 0.6 is 11.6 Å². The Morgan fingerprint density at radius 3 is 2.83 bits per heavy atom. The smallest absolute Gasteiger partial charge is 0.215 e. The fourth-order valence-electron chi connectivity index (χ4n) is 2.33. The third-order valence-corrected chi connectivity index (χ3v) is 3.91. The van der Waals surface area contributed by atoms with E-state index in [1.54, 1.807) is 7.11 Å². The molecule has 0 amide bonds. The number of methoxy groups -OCH3 is 1. The number of nitrogens with zero attached hydrogens (tertiary/aromatic N) is 3. The highest BCUT2D eigenvalue weighted by molar-refractivity contribution is 6.16. The van der Waals surface area contributed by atoms with Crippen LogP contribution in [-0.2, 0) is 12.4 Å². The Bertz CT molecular complexity index is 581. The number of hydrogen-bond donors (Lipinski definition) is 0. The van der Waals surface area contributed by atoms with Crippen LogP contribution in [-0.4, -0.2) is 21.6 Å². The van der Waals surface area contributed by atoms with E-state index in [0.717, 1.165) is 35.4 Å². The molecule has 0 bridgehead atoms. The normalized spacial score (nSPS) is 22.4. The topological polar surface area (TPSA) is 39.9 Å². The molecular formula is C13H16ClN3O. The lowest BCUT2D eigenvalue weighted by molar-refractivity contribution is 0.398. The number of rotatable bonds is 4. The van der Waals surface area contributed by atoms with Crippen molar-refractivity contribution in [1.82, 2.24) is 14.5 Å². The van der Waals surface area contributed by atoms with E-state index in [2.05, 4.69) is 21.5 Å². The highest BCUT2D eigenvalue weighted by Gasteiger charge is 2.33. The second-order valence-electron chi connectivity index (χ2n) is 4.94. The number of pyridine rings is 1. The number of alkyl halides is 1. The van der Waals surface area contributed by atoms with E-state index < -0.39 is 0 Å². The quantitative estimate of drug-likeness (QED) is 0.798. The highest BCUT2D eigenvalue weighted by Crippen LogP contribution is 2.39. The van der Waals surface area contributed by atoms with E-state index in [4.69, 9.17) is 16.3 Å². The molecule has 1 aliphatic rings. The van der Waals surface area contributed by atoms with Crippen LogP contribution in [0.15, 0.2) is 12.1 Å². The minimum absolute atomic E-state index is 0.416. The summed E-state index contributed by atoms with van der Waals surface area (Å²) < 4.78 is 7.31. The van der Waals surface area contributed by atoms with Crippen LogP contribution in [0.1, 0.15) is 19.2 Å². The van der Waals surface area contributed by atoms with E-state index in [1.165, 1.54) is 6.42 Å². The van der Waals surface area contributed by atoms with Crippen LogP contribution in [0.5, 0.6) is 5.88 Å². The molecule has 5 heteroatoms. The van der Waals surface area contributed by atoms with Crippen LogP contribution in [0.3, 0.4) is 0 Å². The second-order valence-corrected chi connectivity index (χ2v) is 5.21. The van der Waals surface area contributed by atoms with Crippen molar-refractivity contribution in [1.29, 1.82) is 0 Å². The minimum Gasteiger partial charge on any atom is -0.481 e. The Balaban J connectivity index is 2.06. The van der Waals surface area contributed by atoms with Gasteiger partial charge in [0.05, 0.1) is 13.0 Å². The maximum absolute atomic E-state index is 5.98. The van der Waals surface area contributed by atoms with Crippen LogP contribution < -0.4 is 4.74 Å². The first-order chi connectivity index (χ1) is 8.72. The van der Waals surface area contributed by atoms with Crippen molar-refractivity contribution in [3.8, 4) is 5.88 Å². The molecule has 0 aromatic carbocycles. The summed E-state index contributed by atoms with van der Waals surface area (Å²) in [6.45, 7) is 3.23. The average molecular weight is 266 g/mol. The number of fused-ring (bicyclic) bond motifs is 1. The van der Waals surface area contributed by atoms with Gasteiger partial charge in [-0.2, -0.15) is 4.98 Å². The van der Waals surface area contributed by atoms with Crippen molar-refractivity contribution in [2.45, 2.75) is 25.8 Å². The maximum Gasteiger partial charge on any atom is 0.215 e. The molecule has 18 heavy (non-hydrogen) atoms. The van der Waals surface area contributed by atoms with Gasteiger partial charge in [0, 0.05) is 12.6 Å². The molecule has 2 aromatic heterocycles. The first-order valence-electron chi connectivity index (χ1n) is 6.19. The highest BCUT2D eigenvalue weighted by atomic mass is 35.5. The molecule has 0 radical (unpaired) electrons. The first-order valence-corrected chi connectivity index (χ1v) is 6.72. The molecule has 2 unspecified atom stereocenters. The molecule has 4 nitrogen and oxygen atoms in total. The first kappa shape index (κ1) is 11.8. The molecule has 1 saturated carbocycles. The van der Waals surface area contributed by atoms with Gasteiger partial charge in [-0.3, -0.25) is 0 Å². The fraction of sp³-hybridized carbons (Fsp3) is 0.538. The van der Waals surface area contributed by atoms with E-state index in [-0.39, 0.29) is 0 Å². The van der Waals surface area contributed by atoms with Crippen LogP contribution in [0, 0.1) is 11.8 Å². The van der Waals surface area contributed by atoms with Crippen molar-refractivity contribution in [2.75, 3.05) is 7.11 Å². The van der Waals surface area contributed by atoms with Gasteiger partial charge in [0.2, 0.25) is 5.88 Å². The number of halogens is 1. The molecule has 0 saturated heterocycles. The van der Waals surface area contributed by atoms with Crippen molar-refractivity contribution in [3.05, 3.63) is 18.0 Å². The second kappa shape index (κ2) is 4.43. The molecule has 2 atom stereocenters. The van der Waals surface area contributed by atoms with Crippen molar-refractivity contribution >= 4 is 22.8 Å². The number of imidazole rings is 1. The lowest BCUT2D eigenvalue weighted by Gasteiger charge is -2.06. The maximum atomic E-state index is 5.98. The molecule has 2 heterocycles. The van der Waals surface area contributed by atoms with Crippen molar-refractivity contribution in [3.63, 3.8) is 0 Å². The molecule has 2 aromatic rings. The summed E-state index contributed by atoms with van der Waals surface area (Å²) in [5, 5.41) is 0. The van der Waals surface area contributed by atoms with Gasteiger partial charge in [0.15, 0.2) is 5.65 Å². The summed E-state index contributed by atoms with van der Waals surface area (Å²) in [6.07, 6.45) is 1.28. The Hall–Kier alpha value is -1.29. The van der Waals surface area contributed by atoms with E-state index in [9.17, 15) is 0 Å². The van der Waals surface area contributed by atoms with Gasteiger partial charge in [0.1, 0.15) is 11.3 Å². The Morgan fingerprint density at radius 2 is 2.22 bits per heavy atom. The number of hydrogen-bond acceptors (Lipinski definition) is 3. The molecule has 1 aliphatic carbocycles. The van der Waals surface area contributed by atoms with Gasteiger partial charge in [-0.15, -0.1) is 11.6 Å². The van der Waals surface area contributed by atoms with Gasteiger partial charge in [-0.25, -0.2) is 4.98 Å². The summed E-state index contributed by atoms with van der Waals surface area (Å²) >= 11 is 5.98. The Morgan fingerprint density at radius 1 is 1.44 bits per heavy atom. The monoisotopic (exact) mass is 265 g/mol. The average Bonchev–Trinajstić information content (AvgIpc) is 2.97. The molecular weight excluding hydrogens is 250 g/mol. The van der Waals surface area contributed by atoms with Gasteiger partial charge in [-0.1, -0.05) is 6.92 Å². The van der Waals surface area contributed by atoms with Crippen molar-refractivity contribution < 1.29 is 4.74 Å².